The molecule has 0 aromatic rings. The Hall–Kier alpha value is -0.580. The molecule has 0 bridgehead atoms. The van der Waals surface area contributed by atoms with E-state index in [9.17, 15) is 9.59 Å². The number of halogens is 1. The molecule has 104 valence electrons. The minimum Gasteiger partial charge on any atom is -0.444 e. The van der Waals surface area contributed by atoms with E-state index in [4.69, 9.17) is 4.74 Å². The largest absolute Gasteiger partial charge is 0.444 e. The van der Waals surface area contributed by atoms with Crippen molar-refractivity contribution in [1.29, 1.82) is 0 Å². The van der Waals surface area contributed by atoms with Gasteiger partial charge in [-0.3, -0.25) is 4.79 Å². The van der Waals surface area contributed by atoms with Gasteiger partial charge in [0.25, 0.3) is 0 Å². The molecule has 18 heavy (non-hydrogen) atoms. The van der Waals surface area contributed by atoms with Gasteiger partial charge in [-0.1, -0.05) is 15.9 Å². The van der Waals surface area contributed by atoms with Crippen molar-refractivity contribution in [1.82, 2.24) is 4.90 Å². The monoisotopic (exact) mass is 319 g/mol. The van der Waals surface area contributed by atoms with Crippen molar-refractivity contribution in [2.24, 2.45) is 5.92 Å². The van der Waals surface area contributed by atoms with E-state index in [0.29, 0.717) is 18.4 Å². The number of nitrogens with zero attached hydrogens (tertiary/aromatic N) is 1. The lowest BCUT2D eigenvalue weighted by atomic mass is 9.97. The minimum atomic E-state index is -0.464. The summed E-state index contributed by atoms with van der Waals surface area (Å²) in [7, 11) is 0. The van der Waals surface area contributed by atoms with Crippen LogP contribution in [-0.2, 0) is 9.53 Å². The molecule has 1 unspecified atom stereocenters. The SMILES string of the molecule is CC(C)(C)OC(=O)N1CCCC(C(=O)CBr)CC1. The standard InChI is InChI=1S/C13H22BrNO3/c1-13(2,3)18-12(17)15-7-4-5-10(6-8-15)11(16)9-14/h10H,4-9H2,1-3H3. The number of alkyl halides is 1. The molecule has 0 aromatic heterocycles. The molecular formula is C13H22BrNO3. The third-order valence-corrected chi connectivity index (χ3v) is 3.52. The number of likely N-dealkylation sites (tertiary alicyclic amines) is 1. The lowest BCUT2D eigenvalue weighted by Crippen LogP contribution is -2.37. The predicted molar refractivity (Wildman–Crippen MR) is 73.9 cm³/mol. The number of hydrogen-bond donors (Lipinski definition) is 0. The lowest BCUT2D eigenvalue weighted by Gasteiger charge is -2.26. The molecule has 0 aromatic carbocycles. The topological polar surface area (TPSA) is 46.6 Å². The van der Waals surface area contributed by atoms with Crippen molar-refractivity contribution >= 4 is 27.8 Å². The summed E-state index contributed by atoms with van der Waals surface area (Å²) in [4.78, 5) is 25.3. The van der Waals surface area contributed by atoms with E-state index >= 15 is 0 Å². The molecule has 1 saturated heterocycles. The summed E-state index contributed by atoms with van der Waals surface area (Å²) >= 11 is 3.20. The van der Waals surface area contributed by atoms with Crippen molar-refractivity contribution in [2.45, 2.75) is 45.6 Å². The van der Waals surface area contributed by atoms with Crippen molar-refractivity contribution in [3.05, 3.63) is 0 Å². The van der Waals surface area contributed by atoms with E-state index in [1.54, 1.807) is 4.90 Å². The smallest absolute Gasteiger partial charge is 0.410 e. The molecule has 1 fully saturated rings. The first kappa shape index (κ1) is 15.5. The Bertz CT molecular complexity index is 312. The fourth-order valence-corrected chi connectivity index (χ4v) is 2.49. The quantitative estimate of drug-likeness (QED) is 0.735. The van der Waals surface area contributed by atoms with Gasteiger partial charge in [0.05, 0.1) is 5.33 Å². The summed E-state index contributed by atoms with van der Waals surface area (Å²) in [5.41, 5.74) is -0.464. The van der Waals surface area contributed by atoms with Crippen LogP contribution in [0.4, 0.5) is 4.79 Å². The normalized spacial score (nSPS) is 21.3. The molecule has 0 saturated carbocycles. The second-order valence-electron chi connectivity index (χ2n) is 5.70. The second-order valence-corrected chi connectivity index (χ2v) is 6.26. The average Bonchev–Trinajstić information content (AvgIpc) is 2.51. The predicted octanol–water partition coefficient (Wildman–Crippen LogP) is 2.99. The van der Waals surface area contributed by atoms with Crippen LogP contribution in [0.2, 0.25) is 0 Å². The molecular weight excluding hydrogens is 298 g/mol. The van der Waals surface area contributed by atoms with Gasteiger partial charge in [0.1, 0.15) is 11.4 Å². The van der Waals surface area contributed by atoms with Crippen LogP contribution in [-0.4, -0.2) is 40.8 Å². The Morgan fingerprint density at radius 1 is 1.28 bits per heavy atom. The second kappa shape index (κ2) is 6.55. The summed E-state index contributed by atoms with van der Waals surface area (Å²) < 4.78 is 5.35. The molecule has 1 amide bonds. The van der Waals surface area contributed by atoms with Crippen LogP contribution in [0.5, 0.6) is 0 Å². The summed E-state index contributed by atoms with van der Waals surface area (Å²) in [6.07, 6.45) is 2.20. The Kier molecular flexibility index (Phi) is 5.63. The first-order valence-corrected chi connectivity index (χ1v) is 7.52. The van der Waals surface area contributed by atoms with Crippen LogP contribution in [0.15, 0.2) is 0 Å². The maximum absolute atomic E-state index is 11.9. The van der Waals surface area contributed by atoms with Crippen molar-refractivity contribution in [3.8, 4) is 0 Å². The molecule has 1 aliphatic heterocycles. The van der Waals surface area contributed by atoms with E-state index in [-0.39, 0.29) is 17.8 Å². The zero-order valence-electron chi connectivity index (χ0n) is 11.4. The van der Waals surface area contributed by atoms with E-state index in [1.165, 1.54) is 0 Å². The molecule has 0 radical (unpaired) electrons. The number of hydrogen-bond acceptors (Lipinski definition) is 3. The van der Waals surface area contributed by atoms with Gasteiger partial charge in [-0.2, -0.15) is 0 Å². The van der Waals surface area contributed by atoms with Crippen LogP contribution >= 0.6 is 15.9 Å². The fourth-order valence-electron chi connectivity index (χ4n) is 2.04. The van der Waals surface area contributed by atoms with Gasteiger partial charge in [-0.05, 0) is 40.0 Å². The zero-order valence-corrected chi connectivity index (χ0v) is 13.0. The molecule has 5 heteroatoms. The molecule has 4 nitrogen and oxygen atoms in total. The van der Waals surface area contributed by atoms with Gasteiger partial charge in [0.15, 0.2) is 0 Å². The maximum Gasteiger partial charge on any atom is 0.410 e. The van der Waals surface area contributed by atoms with Gasteiger partial charge in [0, 0.05) is 19.0 Å². The molecule has 1 rings (SSSR count). The highest BCUT2D eigenvalue weighted by Gasteiger charge is 2.27. The van der Waals surface area contributed by atoms with Crippen LogP contribution in [0, 0.1) is 5.92 Å². The first-order chi connectivity index (χ1) is 8.33. The van der Waals surface area contributed by atoms with Crippen LogP contribution in [0.1, 0.15) is 40.0 Å². The Balaban J connectivity index is 2.51. The molecule has 1 atom stereocenters. The number of carbonyl (C=O) groups is 2. The summed E-state index contributed by atoms with van der Waals surface area (Å²) in [6.45, 7) is 6.87. The molecule has 1 aliphatic rings. The van der Waals surface area contributed by atoms with Crippen molar-refractivity contribution in [3.63, 3.8) is 0 Å². The van der Waals surface area contributed by atoms with E-state index < -0.39 is 5.60 Å². The number of ketones is 1. The minimum absolute atomic E-state index is 0.0804. The molecule has 1 heterocycles. The van der Waals surface area contributed by atoms with E-state index in [0.717, 1.165) is 19.3 Å². The van der Waals surface area contributed by atoms with Gasteiger partial charge < -0.3 is 9.64 Å². The Morgan fingerprint density at radius 3 is 2.50 bits per heavy atom. The molecule has 0 spiro atoms. The van der Waals surface area contributed by atoms with Crippen LogP contribution in [0.3, 0.4) is 0 Å². The fraction of sp³-hybridized carbons (Fsp3) is 0.846. The van der Waals surface area contributed by atoms with Gasteiger partial charge in [0.2, 0.25) is 0 Å². The number of Topliss-reactive ketones (excluding diaryl/α,β-unsaturated/α-hetero) is 1. The third-order valence-electron chi connectivity index (χ3n) is 2.97. The lowest BCUT2D eigenvalue weighted by molar-refractivity contribution is -0.120. The van der Waals surface area contributed by atoms with Gasteiger partial charge in [-0.15, -0.1) is 0 Å². The summed E-state index contributed by atoms with van der Waals surface area (Å²) in [5.74, 6) is 0.317. The summed E-state index contributed by atoms with van der Waals surface area (Å²) in [6, 6.07) is 0. The first-order valence-electron chi connectivity index (χ1n) is 6.40. The number of carbonyl (C=O) groups excluding carboxylic acids is 2. The highest BCUT2D eigenvalue weighted by Crippen LogP contribution is 2.20. The van der Waals surface area contributed by atoms with Gasteiger partial charge in [-0.25, -0.2) is 4.79 Å². The highest BCUT2D eigenvalue weighted by molar-refractivity contribution is 9.09. The van der Waals surface area contributed by atoms with Crippen molar-refractivity contribution < 1.29 is 14.3 Å². The average molecular weight is 320 g/mol. The van der Waals surface area contributed by atoms with Crippen molar-refractivity contribution in [2.75, 3.05) is 18.4 Å². The number of amides is 1. The van der Waals surface area contributed by atoms with Gasteiger partial charge >= 0.3 is 6.09 Å². The Morgan fingerprint density at radius 2 is 1.94 bits per heavy atom. The Labute approximate surface area is 117 Å². The molecule has 0 N–H and O–H groups in total. The highest BCUT2D eigenvalue weighted by atomic mass is 79.9. The van der Waals surface area contributed by atoms with E-state index in [2.05, 4.69) is 15.9 Å². The number of ether oxygens (including phenoxy) is 1. The third kappa shape index (κ3) is 4.96. The molecule has 0 aliphatic carbocycles. The maximum atomic E-state index is 11.9. The number of rotatable bonds is 2. The van der Waals surface area contributed by atoms with E-state index in [1.807, 2.05) is 20.8 Å². The summed E-state index contributed by atoms with van der Waals surface area (Å²) in [5, 5.41) is 0.407. The zero-order chi connectivity index (χ0) is 13.8. The van der Waals surface area contributed by atoms with Crippen LogP contribution in [0.25, 0.3) is 0 Å². The van der Waals surface area contributed by atoms with Crippen LogP contribution < -0.4 is 0 Å².